The Morgan fingerprint density at radius 2 is 1.73 bits per heavy atom. The fraction of sp³-hybridized carbons (Fsp3) is 1.00. The van der Waals surface area contributed by atoms with Gasteiger partial charge in [-0.1, -0.05) is 33.6 Å². The topological polar surface area (TPSA) is 29.5 Å². The van der Waals surface area contributed by atoms with Crippen molar-refractivity contribution in [1.29, 1.82) is 0 Å². The maximum atomic E-state index is 9.50. The second-order valence-electron chi connectivity index (χ2n) is 4.48. The second-order valence-corrected chi connectivity index (χ2v) is 4.48. The fourth-order valence-electron chi connectivity index (χ4n) is 1.84. The summed E-state index contributed by atoms with van der Waals surface area (Å²) in [4.78, 5) is 0. The predicted octanol–water partition coefficient (Wildman–Crippen LogP) is 3.38. The van der Waals surface area contributed by atoms with E-state index in [1.807, 2.05) is 0 Å². The van der Waals surface area contributed by atoms with Gasteiger partial charge in [0.15, 0.2) is 0 Å². The highest BCUT2D eigenvalue weighted by atomic mass is 16.5. The van der Waals surface area contributed by atoms with E-state index in [1.54, 1.807) is 0 Å². The number of ether oxygens (including phenoxy) is 1. The van der Waals surface area contributed by atoms with Crippen LogP contribution in [0.2, 0.25) is 0 Å². The summed E-state index contributed by atoms with van der Waals surface area (Å²) in [5.41, 5.74) is 0.115. The van der Waals surface area contributed by atoms with E-state index in [9.17, 15) is 5.11 Å². The molecule has 0 aliphatic rings. The predicted molar refractivity (Wildman–Crippen MR) is 65.1 cm³/mol. The van der Waals surface area contributed by atoms with Crippen LogP contribution in [0.5, 0.6) is 0 Å². The Morgan fingerprint density at radius 1 is 1.00 bits per heavy atom. The smallest absolute Gasteiger partial charge is 0.0488 e. The third-order valence-electron chi connectivity index (χ3n) is 3.27. The van der Waals surface area contributed by atoms with Crippen LogP contribution in [0.25, 0.3) is 0 Å². The van der Waals surface area contributed by atoms with E-state index in [2.05, 4.69) is 20.8 Å². The number of unbranched alkanes of at least 4 members (excludes halogenated alkanes) is 1. The van der Waals surface area contributed by atoms with Crippen LogP contribution in [0.1, 0.15) is 59.3 Å². The molecule has 0 rings (SSSR count). The molecule has 0 heterocycles. The highest BCUT2D eigenvalue weighted by Gasteiger charge is 2.26. The van der Waals surface area contributed by atoms with Gasteiger partial charge in [0.05, 0.1) is 0 Å². The van der Waals surface area contributed by atoms with E-state index in [4.69, 9.17) is 4.74 Å². The maximum Gasteiger partial charge on any atom is 0.0488 e. The number of aliphatic hydroxyl groups is 1. The van der Waals surface area contributed by atoms with Gasteiger partial charge in [-0.25, -0.2) is 0 Å². The van der Waals surface area contributed by atoms with Gasteiger partial charge >= 0.3 is 0 Å². The van der Waals surface area contributed by atoms with Crippen LogP contribution in [0.3, 0.4) is 0 Å². The Morgan fingerprint density at radius 3 is 2.20 bits per heavy atom. The molecule has 0 bridgehead atoms. The lowest BCUT2D eigenvalue weighted by molar-refractivity contribution is 0.0469. The zero-order valence-electron chi connectivity index (χ0n) is 10.7. The molecule has 0 aromatic carbocycles. The standard InChI is InChI=1S/C13H28O2/c1-4-7-8-13(6-3,12-14)9-11-15-10-5-2/h14H,4-12H2,1-3H3. The number of rotatable bonds is 10. The molecule has 0 aromatic heterocycles. The van der Waals surface area contributed by atoms with Crippen LogP contribution in [-0.4, -0.2) is 24.9 Å². The second kappa shape index (κ2) is 9.17. The largest absolute Gasteiger partial charge is 0.396 e. The van der Waals surface area contributed by atoms with Gasteiger partial charge in [-0.3, -0.25) is 0 Å². The van der Waals surface area contributed by atoms with Crippen molar-refractivity contribution < 1.29 is 9.84 Å². The van der Waals surface area contributed by atoms with Gasteiger partial charge in [0, 0.05) is 19.8 Å². The van der Waals surface area contributed by atoms with Gasteiger partial charge in [0.25, 0.3) is 0 Å². The molecule has 2 nitrogen and oxygen atoms in total. The van der Waals surface area contributed by atoms with Crippen LogP contribution >= 0.6 is 0 Å². The van der Waals surface area contributed by atoms with E-state index in [1.165, 1.54) is 12.8 Å². The van der Waals surface area contributed by atoms with Crippen molar-refractivity contribution in [2.45, 2.75) is 59.3 Å². The summed E-state index contributed by atoms with van der Waals surface area (Å²) in [5.74, 6) is 0. The normalized spacial score (nSPS) is 15.2. The third kappa shape index (κ3) is 6.16. The zero-order valence-corrected chi connectivity index (χ0v) is 10.7. The minimum Gasteiger partial charge on any atom is -0.396 e. The van der Waals surface area contributed by atoms with E-state index < -0.39 is 0 Å². The van der Waals surface area contributed by atoms with Gasteiger partial charge in [0.2, 0.25) is 0 Å². The van der Waals surface area contributed by atoms with Gasteiger partial charge in [-0.2, -0.15) is 0 Å². The average Bonchev–Trinajstić information content (AvgIpc) is 2.29. The van der Waals surface area contributed by atoms with Gasteiger partial charge < -0.3 is 9.84 Å². The number of hydrogen-bond acceptors (Lipinski definition) is 2. The first-order valence-corrected chi connectivity index (χ1v) is 6.43. The lowest BCUT2D eigenvalue weighted by Gasteiger charge is -2.30. The first kappa shape index (κ1) is 14.9. The molecule has 0 fully saturated rings. The summed E-state index contributed by atoms with van der Waals surface area (Å²) < 4.78 is 5.51. The maximum absolute atomic E-state index is 9.50. The van der Waals surface area contributed by atoms with Crippen LogP contribution in [0.4, 0.5) is 0 Å². The highest BCUT2D eigenvalue weighted by Crippen LogP contribution is 2.32. The van der Waals surface area contributed by atoms with Gasteiger partial charge in [-0.05, 0) is 31.1 Å². The van der Waals surface area contributed by atoms with Crippen LogP contribution in [0.15, 0.2) is 0 Å². The van der Waals surface area contributed by atoms with Crippen LogP contribution in [0, 0.1) is 5.41 Å². The molecule has 0 saturated heterocycles. The Bertz CT molecular complexity index is 130. The van der Waals surface area contributed by atoms with Crippen molar-refractivity contribution in [2.24, 2.45) is 5.41 Å². The molecule has 1 N–H and O–H groups in total. The molecule has 1 atom stereocenters. The van der Waals surface area contributed by atoms with Crippen molar-refractivity contribution in [1.82, 2.24) is 0 Å². The molecule has 0 amide bonds. The lowest BCUT2D eigenvalue weighted by atomic mass is 9.78. The van der Waals surface area contributed by atoms with E-state index >= 15 is 0 Å². The molecule has 0 spiro atoms. The molecule has 92 valence electrons. The number of aliphatic hydroxyl groups excluding tert-OH is 1. The molecule has 0 radical (unpaired) electrons. The van der Waals surface area contributed by atoms with Crippen LogP contribution < -0.4 is 0 Å². The van der Waals surface area contributed by atoms with E-state index in [0.29, 0.717) is 6.61 Å². The number of hydrogen-bond donors (Lipinski definition) is 1. The Labute approximate surface area is 95.0 Å². The van der Waals surface area contributed by atoms with E-state index in [0.717, 1.165) is 38.9 Å². The van der Waals surface area contributed by atoms with Crippen molar-refractivity contribution in [2.75, 3.05) is 19.8 Å². The minimum absolute atomic E-state index is 0.115. The first-order chi connectivity index (χ1) is 7.24. The summed E-state index contributed by atoms with van der Waals surface area (Å²) in [6.07, 6.45) is 6.68. The Balaban J connectivity index is 3.88. The van der Waals surface area contributed by atoms with Crippen molar-refractivity contribution >= 4 is 0 Å². The summed E-state index contributed by atoms with van der Waals surface area (Å²) in [5, 5.41) is 9.50. The molecule has 2 heteroatoms. The molecular formula is C13H28O2. The van der Waals surface area contributed by atoms with E-state index in [-0.39, 0.29) is 5.41 Å². The third-order valence-corrected chi connectivity index (χ3v) is 3.27. The zero-order chi connectivity index (χ0) is 11.6. The lowest BCUT2D eigenvalue weighted by Crippen LogP contribution is -2.26. The minimum atomic E-state index is 0.115. The van der Waals surface area contributed by atoms with Crippen molar-refractivity contribution in [3.63, 3.8) is 0 Å². The highest BCUT2D eigenvalue weighted by molar-refractivity contribution is 4.76. The molecule has 0 saturated carbocycles. The Hall–Kier alpha value is -0.0800. The van der Waals surface area contributed by atoms with Gasteiger partial charge in [0.1, 0.15) is 0 Å². The molecular weight excluding hydrogens is 188 g/mol. The molecule has 0 aromatic rings. The summed E-state index contributed by atoms with van der Waals surface area (Å²) in [6.45, 7) is 8.44. The molecule has 15 heavy (non-hydrogen) atoms. The summed E-state index contributed by atoms with van der Waals surface area (Å²) in [6, 6.07) is 0. The van der Waals surface area contributed by atoms with Gasteiger partial charge in [-0.15, -0.1) is 0 Å². The molecule has 0 aliphatic carbocycles. The SMILES string of the molecule is CCCCC(CC)(CO)CCOCCC. The van der Waals surface area contributed by atoms with Crippen molar-refractivity contribution in [3.8, 4) is 0 Å². The first-order valence-electron chi connectivity index (χ1n) is 6.43. The fourth-order valence-corrected chi connectivity index (χ4v) is 1.84. The van der Waals surface area contributed by atoms with Crippen molar-refractivity contribution in [3.05, 3.63) is 0 Å². The monoisotopic (exact) mass is 216 g/mol. The van der Waals surface area contributed by atoms with Crippen LogP contribution in [-0.2, 0) is 4.74 Å². The molecule has 0 aliphatic heterocycles. The summed E-state index contributed by atoms with van der Waals surface area (Å²) in [7, 11) is 0. The molecule has 1 unspecified atom stereocenters. The quantitative estimate of drug-likeness (QED) is 0.567. The Kier molecular flexibility index (Phi) is 9.12. The summed E-state index contributed by atoms with van der Waals surface area (Å²) >= 11 is 0. The average molecular weight is 216 g/mol.